The van der Waals surface area contributed by atoms with Crippen LogP contribution in [0.3, 0.4) is 0 Å². The van der Waals surface area contributed by atoms with Crippen LogP contribution in [0.5, 0.6) is 5.75 Å². The number of piperidine rings is 1. The van der Waals surface area contributed by atoms with Gasteiger partial charge in [0.2, 0.25) is 0 Å². The average molecular weight is 383 g/mol. The zero-order valence-corrected chi connectivity index (χ0v) is 17.0. The molecule has 1 aromatic carbocycles. The number of nitrogens with two attached hydrogens (primary N) is 2. The molecule has 1 atom stereocenters. The molecule has 1 aliphatic heterocycles. The Morgan fingerprint density at radius 1 is 1.14 bits per heavy atom. The number of benzene rings is 1. The fourth-order valence-electron chi connectivity index (χ4n) is 4.87. The minimum absolute atomic E-state index is 0.343. The molecular weight excluding hydrogens is 348 g/mol. The zero-order valence-electron chi connectivity index (χ0n) is 17.0. The van der Waals surface area contributed by atoms with Crippen molar-refractivity contribution in [1.82, 2.24) is 10.2 Å². The third kappa shape index (κ3) is 3.86. The van der Waals surface area contributed by atoms with Crippen molar-refractivity contribution in [3.05, 3.63) is 46.3 Å². The fourth-order valence-corrected chi connectivity index (χ4v) is 4.87. The van der Waals surface area contributed by atoms with Crippen LogP contribution in [0.25, 0.3) is 5.70 Å². The first-order valence-electron chi connectivity index (χ1n) is 10.8. The Bertz CT molecular complexity index is 794. The van der Waals surface area contributed by atoms with Gasteiger partial charge in [0.1, 0.15) is 5.75 Å². The van der Waals surface area contributed by atoms with Crippen LogP contribution in [0, 0.1) is 0 Å². The molecule has 5 nitrogen and oxygen atoms in total. The zero-order chi connectivity index (χ0) is 19.7. The van der Waals surface area contributed by atoms with Crippen molar-refractivity contribution in [1.29, 1.82) is 0 Å². The van der Waals surface area contributed by atoms with Crippen LogP contribution in [0.2, 0.25) is 0 Å². The lowest BCUT2D eigenvalue weighted by Gasteiger charge is -2.42. The molecule has 1 unspecified atom stereocenters. The number of allylic oxidation sites excluding steroid dienone is 2. The maximum Gasteiger partial charge on any atom is 0.128 e. The van der Waals surface area contributed by atoms with Crippen LogP contribution in [-0.2, 0) is 12.8 Å². The second-order valence-corrected chi connectivity index (χ2v) is 8.71. The number of hydrogen-bond acceptors (Lipinski definition) is 5. The summed E-state index contributed by atoms with van der Waals surface area (Å²) in [6, 6.07) is 5.22. The van der Waals surface area contributed by atoms with Crippen molar-refractivity contribution < 1.29 is 5.11 Å². The quantitative estimate of drug-likeness (QED) is 0.588. The van der Waals surface area contributed by atoms with Crippen molar-refractivity contribution in [2.45, 2.75) is 70.4 Å². The molecule has 0 radical (unpaired) electrons. The van der Waals surface area contributed by atoms with Crippen molar-refractivity contribution in [2.24, 2.45) is 11.5 Å². The number of phenolic OH excluding ortho intramolecular Hbond substituents is 1. The molecule has 6 N–H and O–H groups in total. The molecule has 1 saturated carbocycles. The summed E-state index contributed by atoms with van der Waals surface area (Å²) in [5.74, 6) is 0.997. The van der Waals surface area contributed by atoms with E-state index in [1.807, 2.05) is 19.1 Å². The van der Waals surface area contributed by atoms with Crippen molar-refractivity contribution in [2.75, 3.05) is 13.1 Å². The van der Waals surface area contributed by atoms with E-state index in [-0.39, 0.29) is 0 Å². The Morgan fingerprint density at radius 3 is 2.71 bits per heavy atom. The Kier molecular flexibility index (Phi) is 5.54. The summed E-state index contributed by atoms with van der Waals surface area (Å²) in [5.41, 5.74) is 17.2. The first kappa shape index (κ1) is 19.2. The molecule has 28 heavy (non-hydrogen) atoms. The normalized spacial score (nSPS) is 24.5. The third-order valence-corrected chi connectivity index (χ3v) is 6.75. The summed E-state index contributed by atoms with van der Waals surface area (Å²) in [6.45, 7) is 4.25. The van der Waals surface area contributed by atoms with Gasteiger partial charge in [-0.1, -0.05) is 12.5 Å². The van der Waals surface area contributed by atoms with E-state index in [1.165, 1.54) is 37.8 Å². The van der Waals surface area contributed by atoms with E-state index in [9.17, 15) is 5.11 Å². The van der Waals surface area contributed by atoms with E-state index < -0.39 is 0 Å². The van der Waals surface area contributed by atoms with Gasteiger partial charge < -0.3 is 21.9 Å². The number of likely N-dealkylation sites (tertiary alicyclic amines) is 1. The van der Waals surface area contributed by atoms with Crippen LogP contribution in [0.1, 0.15) is 62.1 Å². The molecular formula is C23H34N4O. The number of aromatic hydroxyl groups is 1. The van der Waals surface area contributed by atoms with Gasteiger partial charge in [0, 0.05) is 29.9 Å². The minimum atomic E-state index is 0.343. The molecule has 0 aromatic heterocycles. The minimum Gasteiger partial charge on any atom is -0.507 e. The van der Waals surface area contributed by atoms with E-state index in [0.29, 0.717) is 23.3 Å². The van der Waals surface area contributed by atoms with Gasteiger partial charge in [-0.05, 0) is 87.3 Å². The molecule has 0 bridgehead atoms. The maximum atomic E-state index is 10.6. The smallest absolute Gasteiger partial charge is 0.128 e. The van der Waals surface area contributed by atoms with E-state index in [2.05, 4.69) is 16.3 Å². The summed E-state index contributed by atoms with van der Waals surface area (Å²) in [4.78, 5) is 2.62. The third-order valence-electron chi connectivity index (χ3n) is 6.75. The van der Waals surface area contributed by atoms with Gasteiger partial charge in [0.25, 0.3) is 0 Å². The molecule has 152 valence electrons. The molecule has 3 aliphatic rings. The lowest BCUT2D eigenvalue weighted by atomic mass is 9.89. The van der Waals surface area contributed by atoms with Gasteiger partial charge in [0.05, 0.1) is 5.82 Å². The number of nitrogens with zero attached hydrogens (tertiary/aromatic N) is 1. The molecule has 1 aromatic rings. The van der Waals surface area contributed by atoms with Gasteiger partial charge in [-0.2, -0.15) is 0 Å². The topological polar surface area (TPSA) is 87.5 Å². The van der Waals surface area contributed by atoms with Crippen LogP contribution >= 0.6 is 0 Å². The van der Waals surface area contributed by atoms with Crippen molar-refractivity contribution >= 4 is 5.70 Å². The van der Waals surface area contributed by atoms with Gasteiger partial charge in [-0.3, -0.25) is 4.90 Å². The molecule has 1 saturated heterocycles. The highest BCUT2D eigenvalue weighted by molar-refractivity contribution is 5.74. The monoisotopic (exact) mass is 382 g/mol. The number of phenols is 1. The van der Waals surface area contributed by atoms with Crippen molar-refractivity contribution in [3.8, 4) is 5.75 Å². The molecule has 4 rings (SSSR count). The highest BCUT2D eigenvalue weighted by atomic mass is 16.3. The molecule has 2 aliphatic carbocycles. The number of hydrogen-bond donors (Lipinski definition) is 4. The second kappa shape index (κ2) is 8.08. The second-order valence-electron chi connectivity index (χ2n) is 8.71. The molecule has 5 heteroatoms. The van der Waals surface area contributed by atoms with Gasteiger partial charge >= 0.3 is 0 Å². The number of fused-ring (bicyclic) bond motifs is 1. The van der Waals surface area contributed by atoms with E-state index in [4.69, 9.17) is 11.5 Å². The van der Waals surface area contributed by atoms with Crippen molar-refractivity contribution in [3.63, 3.8) is 0 Å². The predicted molar refractivity (Wildman–Crippen MR) is 115 cm³/mol. The Hall–Kier alpha value is -2.14. The Labute approximate surface area is 168 Å². The first-order chi connectivity index (χ1) is 13.5. The lowest BCUT2D eigenvalue weighted by Crippen LogP contribution is -2.51. The molecule has 1 heterocycles. The predicted octanol–water partition coefficient (Wildman–Crippen LogP) is 2.98. The molecule has 2 fully saturated rings. The molecule has 0 spiro atoms. The van der Waals surface area contributed by atoms with E-state index in [0.717, 1.165) is 55.0 Å². The van der Waals surface area contributed by atoms with Crippen LogP contribution in [-0.4, -0.2) is 35.2 Å². The van der Waals surface area contributed by atoms with E-state index >= 15 is 0 Å². The summed E-state index contributed by atoms with van der Waals surface area (Å²) >= 11 is 0. The first-order valence-corrected chi connectivity index (χ1v) is 10.8. The van der Waals surface area contributed by atoms with Crippen LogP contribution in [0.15, 0.2) is 29.6 Å². The number of aryl methyl sites for hydroxylation is 1. The highest BCUT2D eigenvalue weighted by Gasteiger charge is 2.29. The Morgan fingerprint density at radius 2 is 1.96 bits per heavy atom. The largest absolute Gasteiger partial charge is 0.507 e. The summed E-state index contributed by atoms with van der Waals surface area (Å²) in [5, 5.41) is 14.1. The van der Waals surface area contributed by atoms with Gasteiger partial charge in [-0.25, -0.2) is 0 Å². The SMILES string of the molecule is CC(/C=C(\N)NC1CCCN(C2CCC2)C1)=C(/N)c1ccc2c(c1O)CCC2. The molecule has 0 amide bonds. The van der Waals surface area contributed by atoms with E-state index in [1.54, 1.807) is 0 Å². The fraction of sp³-hybridized carbons (Fsp3) is 0.565. The van der Waals surface area contributed by atoms with Gasteiger partial charge in [0.15, 0.2) is 0 Å². The average Bonchev–Trinajstić information content (AvgIpc) is 3.10. The summed E-state index contributed by atoms with van der Waals surface area (Å²) < 4.78 is 0. The van der Waals surface area contributed by atoms with Gasteiger partial charge in [-0.15, -0.1) is 0 Å². The highest BCUT2D eigenvalue weighted by Crippen LogP contribution is 2.35. The number of rotatable bonds is 5. The lowest BCUT2D eigenvalue weighted by molar-refractivity contribution is 0.0897. The Balaban J connectivity index is 1.45. The number of nitrogens with one attached hydrogen (secondary N) is 1. The summed E-state index contributed by atoms with van der Waals surface area (Å²) in [6.07, 6.45) is 11.4. The summed E-state index contributed by atoms with van der Waals surface area (Å²) in [7, 11) is 0. The van der Waals surface area contributed by atoms with Crippen LogP contribution < -0.4 is 16.8 Å². The standard InChI is InChI=1S/C23H34N4O/c1-15(22(25)20-11-10-16-5-2-9-19(16)23(20)28)13-21(24)26-17-6-4-12-27(14-17)18-7-3-8-18/h10-11,13,17-18,26,28H,2-9,12,14,24-25H2,1H3/b21-13+,22-15-. The van der Waals surface area contributed by atoms with Crippen LogP contribution in [0.4, 0.5) is 0 Å². The maximum absolute atomic E-state index is 10.6.